The highest BCUT2D eigenvalue weighted by molar-refractivity contribution is 7.13. The second-order valence-electron chi connectivity index (χ2n) is 2.23. The van der Waals surface area contributed by atoms with E-state index in [-0.39, 0.29) is 6.10 Å². The summed E-state index contributed by atoms with van der Waals surface area (Å²) in [6.07, 6.45) is 0.282. The molecule has 10 heavy (non-hydrogen) atoms. The van der Waals surface area contributed by atoms with E-state index in [4.69, 9.17) is 24.7 Å². The molecule has 1 atom stereocenters. The Morgan fingerprint density at radius 2 is 2.10 bits per heavy atom. The van der Waals surface area contributed by atoms with Gasteiger partial charge in [0.2, 0.25) is 0 Å². The Labute approximate surface area is 66.2 Å². The lowest BCUT2D eigenvalue weighted by atomic mass is 10.6. The first-order valence-electron chi connectivity index (χ1n) is 3.11. The summed E-state index contributed by atoms with van der Waals surface area (Å²) in [5.74, 6) is 0. The number of epoxide rings is 1. The Hall–Kier alpha value is 0.387. The SMILES string of the molecule is CO[Si](Cl)(CC1CO1)OC. The molecule has 0 N–H and O–H groups in total. The van der Waals surface area contributed by atoms with Gasteiger partial charge in [-0.15, -0.1) is 0 Å². The fourth-order valence-corrected chi connectivity index (χ4v) is 2.50. The Morgan fingerprint density at radius 3 is 2.40 bits per heavy atom. The molecule has 1 rings (SSSR count). The summed E-state index contributed by atoms with van der Waals surface area (Å²) in [5.41, 5.74) is 0. The summed E-state index contributed by atoms with van der Waals surface area (Å²) < 4.78 is 15.1. The molecule has 1 unspecified atom stereocenters. The van der Waals surface area contributed by atoms with Gasteiger partial charge in [0.15, 0.2) is 0 Å². The lowest BCUT2D eigenvalue weighted by Crippen LogP contribution is -2.34. The number of halogens is 1. The molecule has 1 fully saturated rings. The van der Waals surface area contributed by atoms with Crippen molar-refractivity contribution in [2.75, 3.05) is 20.8 Å². The van der Waals surface area contributed by atoms with Crippen LogP contribution >= 0.6 is 11.1 Å². The normalized spacial score (nSPS) is 24.9. The average Bonchev–Trinajstić information content (AvgIpc) is 2.72. The molecule has 0 amide bonds. The molecule has 0 aliphatic carbocycles. The van der Waals surface area contributed by atoms with Crippen LogP contribution < -0.4 is 0 Å². The van der Waals surface area contributed by atoms with Crippen LogP contribution in [0.5, 0.6) is 0 Å². The molecule has 0 saturated carbocycles. The molecule has 1 aliphatic rings. The Morgan fingerprint density at radius 1 is 1.60 bits per heavy atom. The standard InChI is InChI=1S/C5H11ClO3Si/c1-7-10(6,8-2)4-5-3-9-5/h5H,3-4H2,1-2H3. The van der Waals surface area contributed by atoms with Gasteiger partial charge in [-0.1, -0.05) is 11.1 Å². The van der Waals surface area contributed by atoms with E-state index in [2.05, 4.69) is 0 Å². The maximum atomic E-state index is 5.96. The van der Waals surface area contributed by atoms with E-state index in [1.165, 1.54) is 0 Å². The summed E-state index contributed by atoms with van der Waals surface area (Å²) in [5, 5.41) is 0. The predicted molar refractivity (Wildman–Crippen MR) is 40.2 cm³/mol. The average molecular weight is 183 g/mol. The Balaban J connectivity index is 2.29. The van der Waals surface area contributed by atoms with Crippen molar-refractivity contribution in [1.82, 2.24) is 0 Å². The highest BCUT2D eigenvalue weighted by Gasteiger charge is 2.41. The third-order valence-corrected chi connectivity index (χ3v) is 5.03. The zero-order valence-corrected chi connectivity index (χ0v) is 7.85. The van der Waals surface area contributed by atoms with Gasteiger partial charge in [0.25, 0.3) is 0 Å². The van der Waals surface area contributed by atoms with Crippen LogP contribution in [0, 0.1) is 0 Å². The van der Waals surface area contributed by atoms with Crippen LogP contribution in [0.25, 0.3) is 0 Å². The zero-order chi connectivity index (χ0) is 7.61. The molecular weight excluding hydrogens is 172 g/mol. The van der Waals surface area contributed by atoms with Crippen molar-refractivity contribution >= 4 is 18.9 Å². The largest absolute Gasteiger partial charge is 0.445 e. The summed E-state index contributed by atoms with van der Waals surface area (Å²) in [6, 6.07) is 0.724. The smallest absolute Gasteiger partial charge is 0.386 e. The fraction of sp³-hybridized carbons (Fsp3) is 1.00. The molecule has 0 radical (unpaired) electrons. The molecule has 0 aromatic rings. The number of rotatable bonds is 4. The van der Waals surface area contributed by atoms with Gasteiger partial charge in [0.05, 0.1) is 12.7 Å². The minimum atomic E-state index is -2.35. The molecule has 1 saturated heterocycles. The third-order valence-electron chi connectivity index (χ3n) is 1.48. The van der Waals surface area contributed by atoms with E-state index < -0.39 is 7.87 Å². The minimum Gasteiger partial charge on any atom is -0.386 e. The molecule has 60 valence electrons. The van der Waals surface area contributed by atoms with Crippen molar-refractivity contribution in [2.24, 2.45) is 0 Å². The van der Waals surface area contributed by atoms with Crippen molar-refractivity contribution in [3.63, 3.8) is 0 Å². The molecule has 0 spiro atoms. The van der Waals surface area contributed by atoms with Crippen LogP contribution in [-0.2, 0) is 13.6 Å². The van der Waals surface area contributed by atoms with Crippen molar-refractivity contribution in [3.05, 3.63) is 0 Å². The summed E-state index contributed by atoms with van der Waals surface area (Å²) >= 11 is 5.96. The van der Waals surface area contributed by atoms with Crippen molar-refractivity contribution in [1.29, 1.82) is 0 Å². The number of hydrogen-bond acceptors (Lipinski definition) is 3. The van der Waals surface area contributed by atoms with Gasteiger partial charge in [-0.2, -0.15) is 0 Å². The highest BCUT2D eigenvalue weighted by Crippen LogP contribution is 2.26. The number of ether oxygens (including phenoxy) is 1. The van der Waals surface area contributed by atoms with Crippen LogP contribution in [0.15, 0.2) is 0 Å². The second kappa shape index (κ2) is 3.19. The molecular formula is C5H11ClO3Si. The molecule has 3 nitrogen and oxygen atoms in total. The van der Waals surface area contributed by atoms with Crippen LogP contribution in [0.3, 0.4) is 0 Å². The molecule has 5 heteroatoms. The predicted octanol–water partition coefficient (Wildman–Crippen LogP) is 0.856. The van der Waals surface area contributed by atoms with Gasteiger partial charge in [-0.25, -0.2) is 0 Å². The lowest BCUT2D eigenvalue weighted by Gasteiger charge is -2.17. The Kier molecular flexibility index (Phi) is 2.71. The minimum absolute atomic E-state index is 0.282. The van der Waals surface area contributed by atoms with Crippen molar-refractivity contribution < 1.29 is 13.6 Å². The summed E-state index contributed by atoms with van der Waals surface area (Å²) in [7, 11) is 0.798. The first-order chi connectivity index (χ1) is 4.70. The first-order valence-corrected chi connectivity index (χ1v) is 6.14. The quantitative estimate of drug-likeness (QED) is 0.367. The van der Waals surface area contributed by atoms with Crippen molar-refractivity contribution in [2.45, 2.75) is 12.1 Å². The van der Waals surface area contributed by atoms with Crippen LogP contribution in [0.4, 0.5) is 0 Å². The monoisotopic (exact) mass is 182 g/mol. The van der Waals surface area contributed by atoms with Crippen LogP contribution in [-0.4, -0.2) is 34.8 Å². The first kappa shape index (κ1) is 8.48. The van der Waals surface area contributed by atoms with E-state index in [1.807, 2.05) is 0 Å². The van der Waals surface area contributed by atoms with Gasteiger partial charge in [-0.05, 0) is 0 Å². The molecule has 0 aromatic carbocycles. The lowest BCUT2D eigenvalue weighted by molar-refractivity contribution is 0.259. The fourth-order valence-electron chi connectivity index (χ4n) is 0.708. The van der Waals surface area contributed by atoms with E-state index in [0.29, 0.717) is 0 Å². The maximum Gasteiger partial charge on any atom is 0.445 e. The van der Waals surface area contributed by atoms with Gasteiger partial charge in [0, 0.05) is 20.3 Å². The van der Waals surface area contributed by atoms with Gasteiger partial charge in [-0.3, -0.25) is 0 Å². The van der Waals surface area contributed by atoms with Crippen LogP contribution in [0.2, 0.25) is 6.04 Å². The molecule has 1 heterocycles. The van der Waals surface area contributed by atoms with Gasteiger partial charge >= 0.3 is 7.87 Å². The molecule has 1 aliphatic heterocycles. The third kappa shape index (κ3) is 2.21. The van der Waals surface area contributed by atoms with Gasteiger partial charge in [0.1, 0.15) is 0 Å². The molecule has 0 bridgehead atoms. The summed E-state index contributed by atoms with van der Waals surface area (Å²) in [4.78, 5) is 0. The Bertz CT molecular complexity index is 113. The highest BCUT2D eigenvalue weighted by atomic mass is 35.6. The maximum absolute atomic E-state index is 5.96. The second-order valence-corrected chi connectivity index (χ2v) is 6.50. The summed E-state index contributed by atoms with van der Waals surface area (Å²) in [6.45, 7) is 0.800. The van der Waals surface area contributed by atoms with Gasteiger partial charge < -0.3 is 13.6 Å². The molecule has 0 aromatic heterocycles. The number of hydrogen-bond donors (Lipinski definition) is 0. The van der Waals surface area contributed by atoms with Crippen LogP contribution in [0.1, 0.15) is 0 Å². The van der Waals surface area contributed by atoms with Crippen molar-refractivity contribution in [3.8, 4) is 0 Å². The van der Waals surface area contributed by atoms with E-state index in [0.717, 1.165) is 12.7 Å². The zero-order valence-electron chi connectivity index (χ0n) is 6.09. The van der Waals surface area contributed by atoms with E-state index in [9.17, 15) is 0 Å². The topological polar surface area (TPSA) is 31.0 Å². The van der Waals surface area contributed by atoms with E-state index >= 15 is 0 Å². The van der Waals surface area contributed by atoms with E-state index in [1.54, 1.807) is 14.2 Å².